The van der Waals surface area contributed by atoms with Crippen molar-refractivity contribution >= 4 is 17.7 Å². The Morgan fingerprint density at radius 1 is 1.47 bits per heavy atom. The number of rotatable bonds is 2. The molecule has 0 saturated carbocycles. The molecule has 0 amide bonds. The summed E-state index contributed by atoms with van der Waals surface area (Å²) >= 11 is 2.16. The fourth-order valence-corrected chi connectivity index (χ4v) is 4.20. The van der Waals surface area contributed by atoms with Crippen LogP contribution in [-0.4, -0.2) is 23.6 Å². The fraction of sp³-hybridized carbons (Fsp3) is 0.750. The lowest BCUT2D eigenvalue weighted by molar-refractivity contribution is -0.139. The van der Waals surface area contributed by atoms with E-state index in [4.69, 9.17) is 0 Å². The van der Waals surface area contributed by atoms with Gasteiger partial charge in [0.05, 0.1) is 13.5 Å². The maximum absolute atomic E-state index is 11.0. The molecule has 0 N–H and O–H groups in total. The van der Waals surface area contributed by atoms with Gasteiger partial charge in [-0.25, -0.2) is 0 Å². The smallest absolute Gasteiger partial charge is 0.309 e. The van der Waals surface area contributed by atoms with Gasteiger partial charge in [-0.15, -0.1) is 0 Å². The van der Waals surface area contributed by atoms with E-state index in [1.165, 1.54) is 44.8 Å². The van der Waals surface area contributed by atoms with E-state index in [1.807, 2.05) is 0 Å². The molecule has 3 heteroatoms. The van der Waals surface area contributed by atoms with Gasteiger partial charge in [0, 0.05) is 10.5 Å². The van der Waals surface area contributed by atoms with Gasteiger partial charge in [-0.2, -0.15) is 11.8 Å². The second kappa shape index (κ2) is 5.06. The van der Waals surface area contributed by atoms with Crippen LogP contribution in [-0.2, 0) is 9.53 Å². The second-order valence-electron chi connectivity index (χ2n) is 4.36. The molecule has 2 atom stereocenters. The van der Waals surface area contributed by atoms with Gasteiger partial charge in [0.1, 0.15) is 0 Å². The SMILES string of the molecule is COC(=O)CC=C1CC2CCCC(C1)S2. The minimum absolute atomic E-state index is 0.120. The van der Waals surface area contributed by atoms with Crippen molar-refractivity contribution in [3.63, 3.8) is 0 Å². The Bertz CT molecular complexity index is 259. The van der Waals surface area contributed by atoms with Crippen LogP contribution in [0, 0.1) is 0 Å². The van der Waals surface area contributed by atoms with E-state index in [-0.39, 0.29) is 5.97 Å². The van der Waals surface area contributed by atoms with Crippen molar-refractivity contribution in [1.82, 2.24) is 0 Å². The summed E-state index contributed by atoms with van der Waals surface area (Å²) in [6.07, 6.45) is 9.04. The van der Waals surface area contributed by atoms with Gasteiger partial charge >= 0.3 is 5.97 Å². The summed E-state index contributed by atoms with van der Waals surface area (Å²) in [5.41, 5.74) is 1.48. The molecule has 0 aromatic carbocycles. The lowest BCUT2D eigenvalue weighted by atomic mass is 9.94. The number of fused-ring (bicyclic) bond motifs is 2. The van der Waals surface area contributed by atoms with Gasteiger partial charge < -0.3 is 4.74 Å². The van der Waals surface area contributed by atoms with E-state index in [2.05, 4.69) is 22.6 Å². The molecule has 2 saturated heterocycles. The molecule has 0 aromatic rings. The summed E-state index contributed by atoms with van der Waals surface area (Å²) in [4.78, 5) is 11.0. The Kier molecular flexibility index (Phi) is 3.73. The van der Waals surface area contributed by atoms with Crippen molar-refractivity contribution in [3.05, 3.63) is 11.6 Å². The minimum atomic E-state index is -0.120. The molecular weight excluding hydrogens is 208 g/mol. The Morgan fingerprint density at radius 2 is 2.13 bits per heavy atom. The number of carbonyl (C=O) groups excluding carboxylic acids is 1. The molecule has 0 aliphatic carbocycles. The van der Waals surface area contributed by atoms with Crippen LogP contribution in [0.15, 0.2) is 11.6 Å². The van der Waals surface area contributed by atoms with Gasteiger partial charge in [-0.3, -0.25) is 4.79 Å². The lowest BCUT2D eigenvalue weighted by Gasteiger charge is -2.35. The summed E-state index contributed by atoms with van der Waals surface area (Å²) < 4.78 is 4.65. The molecule has 2 aliphatic rings. The highest BCUT2D eigenvalue weighted by atomic mass is 32.2. The van der Waals surface area contributed by atoms with E-state index < -0.39 is 0 Å². The van der Waals surface area contributed by atoms with Gasteiger partial charge in [0.15, 0.2) is 0 Å². The molecule has 2 unspecified atom stereocenters. The molecule has 84 valence electrons. The molecule has 2 aliphatic heterocycles. The Hall–Kier alpha value is -0.440. The van der Waals surface area contributed by atoms with Gasteiger partial charge in [-0.1, -0.05) is 18.1 Å². The van der Waals surface area contributed by atoms with Gasteiger partial charge in [-0.05, 0) is 25.7 Å². The maximum Gasteiger partial charge on any atom is 0.309 e. The zero-order chi connectivity index (χ0) is 10.7. The topological polar surface area (TPSA) is 26.3 Å². The molecule has 0 radical (unpaired) electrons. The lowest BCUT2D eigenvalue weighted by Crippen LogP contribution is -2.24. The predicted molar refractivity (Wildman–Crippen MR) is 63.0 cm³/mol. The van der Waals surface area contributed by atoms with E-state index in [9.17, 15) is 4.79 Å². The van der Waals surface area contributed by atoms with Crippen LogP contribution >= 0.6 is 11.8 Å². The number of hydrogen-bond donors (Lipinski definition) is 0. The number of methoxy groups -OCH3 is 1. The predicted octanol–water partition coefficient (Wildman–Crippen LogP) is 2.92. The average molecular weight is 226 g/mol. The van der Waals surface area contributed by atoms with Crippen LogP contribution < -0.4 is 0 Å². The number of ether oxygens (including phenoxy) is 1. The molecule has 2 rings (SSSR count). The van der Waals surface area contributed by atoms with Crippen LogP contribution in [0.2, 0.25) is 0 Å². The molecule has 2 heterocycles. The third kappa shape index (κ3) is 3.00. The molecule has 2 nitrogen and oxygen atoms in total. The molecule has 2 fully saturated rings. The highest BCUT2D eigenvalue weighted by Gasteiger charge is 2.28. The maximum atomic E-state index is 11.0. The van der Waals surface area contributed by atoms with E-state index in [1.54, 1.807) is 0 Å². The summed E-state index contributed by atoms with van der Waals surface area (Å²) in [6.45, 7) is 0. The van der Waals surface area contributed by atoms with Gasteiger partial charge in [0.25, 0.3) is 0 Å². The van der Waals surface area contributed by atoms with E-state index >= 15 is 0 Å². The quantitative estimate of drug-likeness (QED) is 0.535. The minimum Gasteiger partial charge on any atom is -0.469 e. The number of thioether (sulfide) groups is 1. The van der Waals surface area contributed by atoms with Crippen LogP contribution in [0.1, 0.15) is 38.5 Å². The highest BCUT2D eigenvalue weighted by molar-refractivity contribution is 8.00. The van der Waals surface area contributed by atoms with Crippen molar-refractivity contribution in [2.24, 2.45) is 0 Å². The number of allylic oxidation sites excluding steroid dienone is 1. The Balaban J connectivity index is 1.90. The summed E-state index contributed by atoms with van der Waals surface area (Å²) in [5.74, 6) is -0.120. The number of hydrogen-bond acceptors (Lipinski definition) is 3. The summed E-state index contributed by atoms with van der Waals surface area (Å²) in [6, 6.07) is 0. The van der Waals surface area contributed by atoms with Crippen LogP contribution in [0.4, 0.5) is 0 Å². The second-order valence-corrected chi connectivity index (χ2v) is 5.97. The molecular formula is C12H18O2S. The first-order valence-electron chi connectivity index (χ1n) is 5.68. The molecule has 0 spiro atoms. The Labute approximate surface area is 95.5 Å². The van der Waals surface area contributed by atoms with Crippen molar-refractivity contribution in [3.8, 4) is 0 Å². The Morgan fingerprint density at radius 3 is 2.73 bits per heavy atom. The van der Waals surface area contributed by atoms with Crippen molar-refractivity contribution in [1.29, 1.82) is 0 Å². The van der Waals surface area contributed by atoms with E-state index in [0.29, 0.717) is 6.42 Å². The zero-order valence-electron chi connectivity index (χ0n) is 9.20. The van der Waals surface area contributed by atoms with Crippen LogP contribution in [0.25, 0.3) is 0 Å². The first-order valence-corrected chi connectivity index (χ1v) is 6.62. The zero-order valence-corrected chi connectivity index (χ0v) is 10.0. The van der Waals surface area contributed by atoms with Crippen molar-refractivity contribution < 1.29 is 9.53 Å². The van der Waals surface area contributed by atoms with E-state index in [0.717, 1.165) is 10.5 Å². The first-order chi connectivity index (χ1) is 7.28. The molecule has 2 bridgehead atoms. The van der Waals surface area contributed by atoms with Gasteiger partial charge in [0.2, 0.25) is 0 Å². The normalized spacial score (nSPS) is 29.8. The summed E-state index contributed by atoms with van der Waals surface area (Å²) in [7, 11) is 1.45. The standard InChI is InChI=1S/C12H18O2S/c1-14-12(13)6-5-9-7-10-3-2-4-11(8-9)15-10/h5,10-11H,2-4,6-8H2,1H3. The summed E-state index contributed by atoms with van der Waals surface area (Å²) in [5, 5.41) is 1.64. The third-order valence-electron chi connectivity index (χ3n) is 3.20. The highest BCUT2D eigenvalue weighted by Crippen LogP contribution is 2.43. The monoisotopic (exact) mass is 226 g/mol. The third-order valence-corrected chi connectivity index (χ3v) is 4.78. The fourth-order valence-electron chi connectivity index (χ4n) is 2.43. The van der Waals surface area contributed by atoms with Crippen LogP contribution in [0.5, 0.6) is 0 Å². The van der Waals surface area contributed by atoms with Crippen molar-refractivity contribution in [2.45, 2.75) is 49.0 Å². The first kappa shape index (κ1) is 11.1. The van der Waals surface area contributed by atoms with Crippen LogP contribution in [0.3, 0.4) is 0 Å². The average Bonchev–Trinajstić information content (AvgIpc) is 2.25. The molecule has 15 heavy (non-hydrogen) atoms. The number of carbonyl (C=O) groups is 1. The largest absolute Gasteiger partial charge is 0.469 e. The molecule has 0 aromatic heterocycles. The number of esters is 1. The van der Waals surface area contributed by atoms with Crippen molar-refractivity contribution in [2.75, 3.05) is 7.11 Å².